The zero-order valence-corrected chi connectivity index (χ0v) is 18.3. The topological polar surface area (TPSA) is 86.7 Å². The van der Waals surface area contributed by atoms with Crippen LogP contribution in [-0.4, -0.2) is 40.9 Å². The van der Waals surface area contributed by atoms with Gasteiger partial charge in [-0.15, -0.1) is 0 Å². The Bertz CT molecular complexity index is 932. The fourth-order valence-corrected chi connectivity index (χ4v) is 4.20. The van der Waals surface area contributed by atoms with Crippen molar-refractivity contribution < 1.29 is 19.5 Å². The van der Waals surface area contributed by atoms with Crippen LogP contribution in [0.3, 0.4) is 0 Å². The molecule has 1 aliphatic rings. The highest BCUT2D eigenvalue weighted by atomic mass is 16.4. The molecule has 0 radical (unpaired) electrons. The molecule has 0 fully saturated rings. The van der Waals surface area contributed by atoms with Gasteiger partial charge in [0.2, 0.25) is 0 Å². The molecular weight excluding hydrogens is 392 g/mol. The van der Waals surface area contributed by atoms with E-state index in [9.17, 15) is 14.4 Å². The second kappa shape index (κ2) is 10.9. The van der Waals surface area contributed by atoms with E-state index in [4.69, 9.17) is 5.11 Å². The molecule has 0 saturated heterocycles. The number of carbonyl (C=O) groups is 3. The smallest absolute Gasteiger partial charge is 0.303 e. The zero-order valence-electron chi connectivity index (χ0n) is 18.3. The van der Waals surface area contributed by atoms with Crippen LogP contribution >= 0.6 is 0 Å². The number of carbonyl (C=O) groups excluding carboxylic acids is 2. The summed E-state index contributed by atoms with van der Waals surface area (Å²) in [6, 6.07) is 9.20. The summed E-state index contributed by atoms with van der Waals surface area (Å²) in [7, 11) is 0. The minimum absolute atomic E-state index is 0.0738. The van der Waals surface area contributed by atoms with E-state index in [2.05, 4.69) is 12.2 Å². The molecule has 6 heteroatoms. The molecule has 2 aromatic rings. The molecule has 31 heavy (non-hydrogen) atoms. The van der Waals surface area contributed by atoms with Crippen LogP contribution in [-0.2, 0) is 4.79 Å². The first-order valence-corrected chi connectivity index (χ1v) is 11.4. The maximum Gasteiger partial charge on any atom is 0.303 e. The lowest BCUT2D eigenvalue weighted by Crippen LogP contribution is -2.41. The number of nitrogens with one attached hydrogen (secondary N) is 1. The summed E-state index contributed by atoms with van der Waals surface area (Å²) in [6.07, 6.45) is 8.89. The maximum absolute atomic E-state index is 12.9. The van der Waals surface area contributed by atoms with Crippen LogP contribution < -0.4 is 5.32 Å². The Balaban J connectivity index is 1.69. The molecule has 2 aromatic carbocycles. The molecule has 0 aliphatic carbocycles. The molecule has 1 aliphatic heterocycles. The summed E-state index contributed by atoms with van der Waals surface area (Å²) in [5, 5.41) is 13.9. The van der Waals surface area contributed by atoms with Gasteiger partial charge in [0, 0.05) is 47.1 Å². The molecule has 0 atom stereocenters. The van der Waals surface area contributed by atoms with Crippen LogP contribution in [0.25, 0.3) is 10.8 Å². The molecule has 166 valence electrons. The Morgan fingerprint density at radius 2 is 1.58 bits per heavy atom. The summed E-state index contributed by atoms with van der Waals surface area (Å²) >= 11 is 0. The van der Waals surface area contributed by atoms with Gasteiger partial charge < -0.3 is 10.4 Å². The third kappa shape index (κ3) is 5.43. The van der Waals surface area contributed by atoms with E-state index in [1.54, 1.807) is 12.1 Å². The van der Waals surface area contributed by atoms with Crippen LogP contribution in [0.1, 0.15) is 85.4 Å². The van der Waals surface area contributed by atoms with Crippen molar-refractivity contribution in [2.24, 2.45) is 0 Å². The number of aliphatic carboxylic acids is 1. The third-order valence-corrected chi connectivity index (χ3v) is 5.86. The van der Waals surface area contributed by atoms with Crippen molar-refractivity contribution in [3.05, 3.63) is 41.5 Å². The molecule has 0 saturated carbocycles. The van der Waals surface area contributed by atoms with Gasteiger partial charge in [0.25, 0.3) is 11.8 Å². The molecule has 6 nitrogen and oxygen atoms in total. The standard InChI is InChI=1S/C25H32N2O4/c1-2-3-4-5-6-7-8-16-26-21-15-14-20-23-18(21)11-9-12-19(23)24(30)27(25(20)31)17-10-13-22(28)29/h9,11-12,14-15,26H,2-8,10,13,16-17H2,1H3,(H,28,29). The number of hydrogen-bond acceptors (Lipinski definition) is 4. The van der Waals surface area contributed by atoms with Gasteiger partial charge in [0.05, 0.1) is 0 Å². The number of benzene rings is 2. The lowest BCUT2D eigenvalue weighted by atomic mass is 9.93. The van der Waals surface area contributed by atoms with Crippen LogP contribution in [0.5, 0.6) is 0 Å². The quantitative estimate of drug-likeness (QED) is 0.329. The summed E-state index contributed by atoms with van der Waals surface area (Å²) in [5.74, 6) is -1.63. The van der Waals surface area contributed by atoms with Gasteiger partial charge >= 0.3 is 5.97 Å². The van der Waals surface area contributed by atoms with E-state index in [0.29, 0.717) is 16.5 Å². The molecule has 0 spiro atoms. The highest BCUT2D eigenvalue weighted by Crippen LogP contribution is 2.34. The average Bonchev–Trinajstić information content (AvgIpc) is 2.76. The third-order valence-electron chi connectivity index (χ3n) is 5.86. The number of carboxylic acids is 1. The predicted molar refractivity (Wildman–Crippen MR) is 123 cm³/mol. The Morgan fingerprint density at radius 1 is 0.903 bits per heavy atom. The summed E-state index contributed by atoms with van der Waals surface area (Å²) < 4.78 is 0. The van der Waals surface area contributed by atoms with Gasteiger partial charge in [-0.1, -0.05) is 57.6 Å². The number of anilines is 1. The van der Waals surface area contributed by atoms with Gasteiger partial charge in [-0.2, -0.15) is 0 Å². The lowest BCUT2D eigenvalue weighted by molar-refractivity contribution is -0.137. The first-order chi connectivity index (χ1) is 15.0. The SMILES string of the molecule is CCCCCCCCCNc1ccc2c3c(cccc13)C(=O)N(CCCC(=O)O)C2=O. The van der Waals surface area contributed by atoms with Crippen molar-refractivity contribution in [1.82, 2.24) is 4.90 Å². The van der Waals surface area contributed by atoms with E-state index in [1.165, 1.54) is 43.4 Å². The van der Waals surface area contributed by atoms with Gasteiger partial charge in [0.15, 0.2) is 0 Å². The number of hydrogen-bond donors (Lipinski definition) is 2. The maximum atomic E-state index is 12.9. The molecular formula is C25H32N2O4. The Labute approximate surface area is 183 Å². The minimum atomic E-state index is -0.934. The van der Waals surface area contributed by atoms with Gasteiger partial charge in [0.1, 0.15) is 0 Å². The van der Waals surface area contributed by atoms with Crippen molar-refractivity contribution in [3.8, 4) is 0 Å². The van der Waals surface area contributed by atoms with Crippen LogP contribution in [0, 0.1) is 0 Å². The lowest BCUT2D eigenvalue weighted by Gasteiger charge is -2.27. The second-order valence-corrected chi connectivity index (χ2v) is 8.20. The summed E-state index contributed by atoms with van der Waals surface area (Å²) in [6.45, 7) is 3.19. The molecule has 2 N–H and O–H groups in total. The first-order valence-electron chi connectivity index (χ1n) is 11.4. The molecule has 0 aromatic heterocycles. The number of unbranched alkanes of at least 4 members (excludes halogenated alkanes) is 6. The van der Waals surface area contributed by atoms with Crippen molar-refractivity contribution in [3.63, 3.8) is 0 Å². The van der Waals surface area contributed by atoms with Gasteiger partial charge in [-0.3, -0.25) is 19.3 Å². The molecule has 3 rings (SSSR count). The largest absolute Gasteiger partial charge is 0.481 e. The Kier molecular flexibility index (Phi) is 8.04. The number of carboxylic acid groups (broad SMARTS) is 1. The zero-order chi connectivity index (χ0) is 22.2. The summed E-state index contributed by atoms with van der Waals surface area (Å²) in [5.41, 5.74) is 1.94. The summed E-state index contributed by atoms with van der Waals surface area (Å²) in [4.78, 5) is 37.8. The number of imide groups is 1. The first kappa shape index (κ1) is 22.8. The predicted octanol–water partition coefficient (Wildman–Crippen LogP) is 5.46. The van der Waals surface area contributed by atoms with Gasteiger partial charge in [-0.25, -0.2) is 0 Å². The van der Waals surface area contributed by atoms with Crippen LogP contribution in [0.2, 0.25) is 0 Å². The molecule has 0 bridgehead atoms. The van der Waals surface area contributed by atoms with Crippen molar-refractivity contribution in [2.75, 3.05) is 18.4 Å². The van der Waals surface area contributed by atoms with Crippen molar-refractivity contribution in [1.29, 1.82) is 0 Å². The molecule has 2 amide bonds. The van der Waals surface area contributed by atoms with E-state index in [0.717, 1.165) is 24.0 Å². The fourth-order valence-electron chi connectivity index (χ4n) is 4.20. The van der Waals surface area contributed by atoms with Crippen molar-refractivity contribution >= 4 is 34.2 Å². The Hall–Kier alpha value is -2.89. The normalized spacial score (nSPS) is 13.1. The fraction of sp³-hybridized carbons (Fsp3) is 0.480. The highest BCUT2D eigenvalue weighted by molar-refractivity contribution is 6.26. The van der Waals surface area contributed by atoms with E-state index in [-0.39, 0.29) is 31.2 Å². The minimum Gasteiger partial charge on any atom is -0.481 e. The molecule has 1 heterocycles. The van der Waals surface area contributed by atoms with E-state index >= 15 is 0 Å². The number of amides is 2. The van der Waals surface area contributed by atoms with Crippen molar-refractivity contribution in [2.45, 2.75) is 64.7 Å². The number of nitrogens with zero attached hydrogens (tertiary/aromatic N) is 1. The second-order valence-electron chi connectivity index (χ2n) is 8.20. The van der Waals surface area contributed by atoms with E-state index in [1.807, 2.05) is 18.2 Å². The van der Waals surface area contributed by atoms with E-state index < -0.39 is 5.97 Å². The van der Waals surface area contributed by atoms with Crippen LogP contribution in [0.15, 0.2) is 30.3 Å². The van der Waals surface area contributed by atoms with Gasteiger partial charge in [-0.05, 0) is 31.0 Å². The highest BCUT2D eigenvalue weighted by Gasteiger charge is 2.32. The average molecular weight is 425 g/mol. The number of rotatable bonds is 13. The Morgan fingerprint density at radius 3 is 2.29 bits per heavy atom. The molecule has 0 unspecified atom stereocenters. The monoisotopic (exact) mass is 424 g/mol. The van der Waals surface area contributed by atoms with Crippen LogP contribution in [0.4, 0.5) is 5.69 Å².